The van der Waals surface area contributed by atoms with E-state index in [0.717, 1.165) is 30.0 Å². The van der Waals surface area contributed by atoms with Crippen molar-refractivity contribution in [2.24, 2.45) is 0 Å². The van der Waals surface area contributed by atoms with Crippen molar-refractivity contribution < 1.29 is 31.3 Å². The summed E-state index contributed by atoms with van der Waals surface area (Å²) in [5.41, 5.74) is 1.80. The number of esters is 1. The first-order chi connectivity index (χ1) is 11.6. The van der Waals surface area contributed by atoms with Gasteiger partial charge in [-0.05, 0) is 18.9 Å². The van der Waals surface area contributed by atoms with Gasteiger partial charge in [0.1, 0.15) is 6.54 Å². The van der Waals surface area contributed by atoms with Crippen molar-refractivity contribution in [3.8, 4) is 0 Å². The molecule has 0 radical (unpaired) electrons. The number of anilines is 1. The summed E-state index contributed by atoms with van der Waals surface area (Å²) in [6.07, 6.45) is 7.64. The van der Waals surface area contributed by atoms with E-state index < -0.39 is 0 Å². The van der Waals surface area contributed by atoms with Crippen molar-refractivity contribution in [1.82, 2.24) is 4.40 Å². The Morgan fingerprint density at radius 3 is 2.64 bits per heavy atom. The van der Waals surface area contributed by atoms with Crippen LogP contribution in [0.5, 0.6) is 0 Å². The molecule has 1 saturated carbocycles. The van der Waals surface area contributed by atoms with E-state index in [1.54, 1.807) is 11.5 Å². The molecule has 0 atom stereocenters. The van der Waals surface area contributed by atoms with Gasteiger partial charge in [-0.1, -0.05) is 25.3 Å². The van der Waals surface area contributed by atoms with Crippen LogP contribution in [0.4, 0.5) is 5.82 Å². The van der Waals surface area contributed by atoms with Gasteiger partial charge in [0.15, 0.2) is 5.69 Å². The summed E-state index contributed by atoms with van der Waals surface area (Å²) in [6, 6.07) is 5.77. The molecule has 0 saturated heterocycles. The number of halogens is 1. The van der Waals surface area contributed by atoms with Crippen LogP contribution in [0.3, 0.4) is 0 Å². The zero-order valence-corrected chi connectivity index (χ0v) is 15.4. The SMILES string of the molecule is COC(=O)CNc1c(C2CCCCC2)[n+](C(C)=O)c2ccccn12.[Cl-]. The average molecular weight is 366 g/mol. The predicted octanol–water partition coefficient (Wildman–Crippen LogP) is -0.476. The van der Waals surface area contributed by atoms with E-state index in [-0.39, 0.29) is 30.8 Å². The Morgan fingerprint density at radius 1 is 1.28 bits per heavy atom. The summed E-state index contributed by atoms with van der Waals surface area (Å²) in [5.74, 6) is 0.802. The zero-order chi connectivity index (χ0) is 17.1. The highest BCUT2D eigenvalue weighted by atomic mass is 35.5. The first-order valence-electron chi connectivity index (χ1n) is 8.50. The van der Waals surface area contributed by atoms with Crippen molar-refractivity contribution in [1.29, 1.82) is 0 Å². The van der Waals surface area contributed by atoms with Crippen LogP contribution in [-0.4, -0.2) is 29.9 Å². The van der Waals surface area contributed by atoms with Gasteiger partial charge in [-0.2, -0.15) is 8.97 Å². The molecule has 2 aromatic heterocycles. The lowest BCUT2D eigenvalue weighted by Crippen LogP contribution is -3.00. The van der Waals surface area contributed by atoms with E-state index in [0.29, 0.717) is 5.92 Å². The number of nitrogens with one attached hydrogen (secondary N) is 1. The summed E-state index contributed by atoms with van der Waals surface area (Å²) < 4.78 is 8.48. The molecule has 0 aromatic carbocycles. The number of imidazole rings is 1. The van der Waals surface area contributed by atoms with Crippen LogP contribution in [0, 0.1) is 0 Å². The topological polar surface area (TPSA) is 63.7 Å². The van der Waals surface area contributed by atoms with Gasteiger partial charge in [0.05, 0.1) is 13.3 Å². The molecule has 1 N–H and O–H groups in total. The van der Waals surface area contributed by atoms with Crippen LogP contribution in [0.25, 0.3) is 5.65 Å². The summed E-state index contributed by atoms with van der Waals surface area (Å²) in [7, 11) is 1.37. The van der Waals surface area contributed by atoms with Crippen molar-refractivity contribution in [3.63, 3.8) is 0 Å². The molecule has 2 heterocycles. The number of aromatic nitrogens is 2. The Balaban J connectivity index is 0.00000225. The number of fused-ring (bicyclic) bond motifs is 1. The first kappa shape index (κ1) is 19.2. The fraction of sp³-hybridized carbons (Fsp3) is 0.500. The van der Waals surface area contributed by atoms with E-state index in [2.05, 4.69) is 5.32 Å². The maximum Gasteiger partial charge on any atom is 0.325 e. The minimum Gasteiger partial charge on any atom is -1.00 e. The van der Waals surface area contributed by atoms with E-state index in [1.165, 1.54) is 26.4 Å². The van der Waals surface area contributed by atoms with Crippen molar-refractivity contribution in [2.75, 3.05) is 19.0 Å². The number of hydrogen-bond acceptors (Lipinski definition) is 4. The van der Waals surface area contributed by atoms with E-state index in [4.69, 9.17) is 4.74 Å². The van der Waals surface area contributed by atoms with E-state index in [1.807, 2.05) is 28.8 Å². The lowest BCUT2D eigenvalue weighted by Gasteiger charge is -2.20. The number of rotatable bonds is 4. The normalized spacial score (nSPS) is 14.8. The van der Waals surface area contributed by atoms with Gasteiger partial charge in [0.25, 0.3) is 5.65 Å². The molecule has 1 fully saturated rings. The molecule has 0 aliphatic heterocycles. The highest BCUT2D eigenvalue weighted by Crippen LogP contribution is 2.35. The third-order valence-corrected chi connectivity index (χ3v) is 4.73. The van der Waals surface area contributed by atoms with Crippen molar-refractivity contribution in [3.05, 3.63) is 30.1 Å². The number of methoxy groups -OCH3 is 1. The molecule has 0 amide bonds. The minimum atomic E-state index is -0.329. The van der Waals surface area contributed by atoms with Crippen LogP contribution in [0.15, 0.2) is 24.4 Å². The molecule has 25 heavy (non-hydrogen) atoms. The molecule has 6 nitrogen and oxygen atoms in total. The maximum atomic E-state index is 12.4. The largest absolute Gasteiger partial charge is 1.00 e. The second-order valence-corrected chi connectivity index (χ2v) is 6.28. The molecule has 3 rings (SSSR count). The molecule has 1 aliphatic rings. The van der Waals surface area contributed by atoms with Gasteiger partial charge < -0.3 is 22.5 Å². The Labute approximate surface area is 153 Å². The quantitative estimate of drug-likeness (QED) is 0.587. The summed E-state index contributed by atoms with van der Waals surface area (Å²) in [6.45, 7) is 1.67. The molecule has 1 aliphatic carbocycles. The molecule has 7 heteroatoms. The monoisotopic (exact) mass is 365 g/mol. The molecule has 0 spiro atoms. The Bertz CT molecular complexity index is 766. The Kier molecular flexibility index (Phi) is 6.42. The molecule has 0 unspecified atom stereocenters. The highest BCUT2D eigenvalue weighted by Gasteiger charge is 2.34. The van der Waals surface area contributed by atoms with Gasteiger partial charge in [-0.3, -0.25) is 4.79 Å². The Hall–Kier alpha value is -2.08. The van der Waals surface area contributed by atoms with E-state index >= 15 is 0 Å². The second kappa shape index (κ2) is 8.34. The average Bonchev–Trinajstić information content (AvgIpc) is 2.95. The minimum absolute atomic E-state index is 0. The van der Waals surface area contributed by atoms with Gasteiger partial charge in [-0.25, -0.2) is 4.79 Å². The third kappa shape index (κ3) is 3.79. The summed E-state index contributed by atoms with van der Waals surface area (Å²) in [5, 5.41) is 3.19. The zero-order valence-electron chi connectivity index (χ0n) is 14.6. The fourth-order valence-corrected chi connectivity index (χ4v) is 3.64. The van der Waals surface area contributed by atoms with Gasteiger partial charge in [0.2, 0.25) is 5.82 Å². The molecule has 2 aromatic rings. The van der Waals surface area contributed by atoms with Gasteiger partial charge >= 0.3 is 11.9 Å². The number of hydrogen-bond donors (Lipinski definition) is 1. The second-order valence-electron chi connectivity index (χ2n) is 6.28. The molecular formula is C18H24ClN3O3. The lowest BCUT2D eigenvalue weighted by molar-refractivity contribution is -0.554. The number of pyridine rings is 1. The summed E-state index contributed by atoms with van der Waals surface area (Å²) in [4.78, 5) is 23.9. The molecular weight excluding hydrogens is 342 g/mol. The van der Waals surface area contributed by atoms with Crippen LogP contribution < -0.4 is 22.3 Å². The maximum absolute atomic E-state index is 12.4. The van der Waals surface area contributed by atoms with Crippen LogP contribution in [-0.2, 0) is 9.53 Å². The highest BCUT2D eigenvalue weighted by molar-refractivity contribution is 5.75. The standard InChI is InChI=1S/C18H24N3O3.ClH/c1-13(22)21-15-10-6-7-11-20(15)18(19-12-16(23)24-2)17(21)14-8-4-3-5-9-14;/h6-7,10-11,14,19H,3-5,8-9,12H2,1-2H3;1H/q+1;/p-1. The number of ether oxygens (including phenoxy) is 1. The summed E-state index contributed by atoms with van der Waals surface area (Å²) >= 11 is 0. The van der Waals surface area contributed by atoms with Crippen molar-refractivity contribution >= 4 is 23.3 Å². The number of nitrogens with zero attached hydrogens (tertiary/aromatic N) is 2. The lowest BCUT2D eigenvalue weighted by atomic mass is 9.86. The number of carbonyl (C=O) groups excluding carboxylic acids is 2. The fourth-order valence-electron chi connectivity index (χ4n) is 3.64. The predicted molar refractivity (Wildman–Crippen MR) is 90.2 cm³/mol. The van der Waals surface area contributed by atoms with Crippen LogP contribution >= 0.6 is 0 Å². The Morgan fingerprint density at radius 2 is 2.00 bits per heavy atom. The van der Waals surface area contributed by atoms with Gasteiger partial charge in [0, 0.05) is 18.9 Å². The van der Waals surface area contributed by atoms with Crippen LogP contribution in [0.1, 0.15) is 55.4 Å². The third-order valence-electron chi connectivity index (χ3n) is 4.73. The first-order valence-corrected chi connectivity index (χ1v) is 8.50. The van der Waals surface area contributed by atoms with Crippen LogP contribution in [0.2, 0.25) is 0 Å². The van der Waals surface area contributed by atoms with Crippen molar-refractivity contribution in [2.45, 2.75) is 44.9 Å². The molecule has 136 valence electrons. The smallest absolute Gasteiger partial charge is 0.325 e. The number of carbonyl (C=O) groups is 2. The van der Waals surface area contributed by atoms with E-state index in [9.17, 15) is 9.59 Å². The van der Waals surface area contributed by atoms with Gasteiger partial charge in [-0.15, -0.1) is 0 Å². The molecule has 0 bridgehead atoms.